The molecular weight excluding hydrogens is 383 g/mol. The molecule has 154 valence electrons. The number of carbonyl (C=O) groups is 2. The largest absolute Gasteiger partial charge is 0.352 e. The number of rotatable bonds is 8. The number of nitrogens with zero attached hydrogens (tertiary/aromatic N) is 1. The van der Waals surface area contributed by atoms with Crippen LogP contribution < -0.4 is 16.0 Å². The standard InChI is InChI=1S/C23H23FN4O2/c24-19-11-6-10-18(16-19)22(29)26-14-7-15-27-23(30)28-21(17-8-2-1-3-9-17)20-12-4-5-13-25-20/h1-6,8-13,16,21H,7,14-15H2,(H,26,29)(H2,27,28,30). The van der Waals surface area contributed by atoms with Gasteiger partial charge in [-0.2, -0.15) is 0 Å². The molecule has 0 saturated heterocycles. The summed E-state index contributed by atoms with van der Waals surface area (Å²) in [6.45, 7) is 0.733. The van der Waals surface area contributed by atoms with Gasteiger partial charge in [0.05, 0.1) is 11.7 Å². The number of amides is 3. The van der Waals surface area contributed by atoms with Gasteiger partial charge < -0.3 is 16.0 Å². The van der Waals surface area contributed by atoms with Gasteiger partial charge in [-0.15, -0.1) is 0 Å². The van der Waals surface area contributed by atoms with Crippen molar-refractivity contribution in [1.29, 1.82) is 0 Å². The van der Waals surface area contributed by atoms with Gasteiger partial charge in [0.2, 0.25) is 0 Å². The zero-order valence-corrected chi connectivity index (χ0v) is 16.3. The number of benzene rings is 2. The molecule has 0 spiro atoms. The van der Waals surface area contributed by atoms with Crippen LogP contribution >= 0.6 is 0 Å². The van der Waals surface area contributed by atoms with Crippen molar-refractivity contribution in [3.8, 4) is 0 Å². The molecule has 0 fully saturated rings. The van der Waals surface area contributed by atoms with E-state index in [9.17, 15) is 14.0 Å². The number of hydrogen-bond donors (Lipinski definition) is 3. The van der Waals surface area contributed by atoms with Crippen LogP contribution in [0.5, 0.6) is 0 Å². The minimum absolute atomic E-state index is 0.266. The van der Waals surface area contributed by atoms with E-state index in [1.54, 1.807) is 12.3 Å². The third-order valence-corrected chi connectivity index (χ3v) is 4.40. The highest BCUT2D eigenvalue weighted by Crippen LogP contribution is 2.19. The molecule has 3 N–H and O–H groups in total. The molecule has 30 heavy (non-hydrogen) atoms. The van der Waals surface area contributed by atoms with Crippen molar-refractivity contribution in [2.24, 2.45) is 0 Å². The molecule has 1 heterocycles. The third-order valence-electron chi connectivity index (χ3n) is 4.40. The fourth-order valence-electron chi connectivity index (χ4n) is 2.93. The van der Waals surface area contributed by atoms with Crippen LogP contribution in [0.25, 0.3) is 0 Å². The van der Waals surface area contributed by atoms with Gasteiger partial charge in [-0.1, -0.05) is 42.5 Å². The minimum atomic E-state index is -0.457. The van der Waals surface area contributed by atoms with E-state index in [0.29, 0.717) is 19.5 Å². The molecule has 0 aliphatic carbocycles. The fraction of sp³-hybridized carbons (Fsp3) is 0.174. The molecular formula is C23H23FN4O2. The quantitative estimate of drug-likeness (QED) is 0.501. The van der Waals surface area contributed by atoms with Crippen molar-refractivity contribution >= 4 is 11.9 Å². The van der Waals surface area contributed by atoms with Gasteiger partial charge in [0.1, 0.15) is 5.82 Å². The molecule has 3 rings (SSSR count). The molecule has 7 heteroatoms. The van der Waals surface area contributed by atoms with E-state index in [2.05, 4.69) is 20.9 Å². The summed E-state index contributed by atoms with van der Waals surface area (Å²) in [6, 6.07) is 20.0. The number of carbonyl (C=O) groups excluding carboxylic acids is 2. The average molecular weight is 406 g/mol. The summed E-state index contributed by atoms with van der Waals surface area (Å²) in [7, 11) is 0. The van der Waals surface area contributed by atoms with Gasteiger partial charge >= 0.3 is 6.03 Å². The highest BCUT2D eigenvalue weighted by Gasteiger charge is 2.17. The number of aromatic nitrogens is 1. The lowest BCUT2D eigenvalue weighted by Gasteiger charge is -2.19. The summed E-state index contributed by atoms with van der Waals surface area (Å²) in [5.74, 6) is -0.805. The Bertz CT molecular complexity index is 928. The number of hydrogen-bond acceptors (Lipinski definition) is 3. The monoisotopic (exact) mass is 406 g/mol. The maximum atomic E-state index is 13.2. The number of halogens is 1. The van der Waals surface area contributed by atoms with Crippen molar-refractivity contribution in [2.75, 3.05) is 13.1 Å². The molecule has 1 atom stereocenters. The molecule has 0 aliphatic heterocycles. The topological polar surface area (TPSA) is 83.1 Å². The van der Waals surface area contributed by atoms with E-state index < -0.39 is 5.82 Å². The summed E-state index contributed by atoms with van der Waals surface area (Å²) < 4.78 is 13.2. The third kappa shape index (κ3) is 6.13. The minimum Gasteiger partial charge on any atom is -0.352 e. The second kappa shape index (κ2) is 10.7. The first-order chi connectivity index (χ1) is 14.6. The van der Waals surface area contributed by atoms with Crippen molar-refractivity contribution in [3.63, 3.8) is 0 Å². The SMILES string of the molecule is O=C(NCCCNC(=O)c1cccc(F)c1)NC(c1ccccc1)c1ccccn1. The van der Waals surface area contributed by atoms with Crippen molar-refractivity contribution in [3.05, 3.63) is 102 Å². The van der Waals surface area contributed by atoms with Gasteiger partial charge in [0, 0.05) is 24.8 Å². The Kier molecular flexibility index (Phi) is 7.49. The van der Waals surface area contributed by atoms with Gasteiger partial charge in [0.15, 0.2) is 0 Å². The van der Waals surface area contributed by atoms with Crippen LogP contribution in [-0.2, 0) is 0 Å². The summed E-state index contributed by atoms with van der Waals surface area (Å²) in [4.78, 5) is 28.7. The summed E-state index contributed by atoms with van der Waals surface area (Å²) in [6.07, 6.45) is 2.22. The molecule has 3 amide bonds. The molecule has 6 nitrogen and oxygen atoms in total. The van der Waals surface area contributed by atoms with Crippen LogP contribution in [0, 0.1) is 5.82 Å². The molecule has 1 aromatic heterocycles. The maximum absolute atomic E-state index is 13.2. The Morgan fingerprint density at radius 1 is 0.900 bits per heavy atom. The molecule has 0 radical (unpaired) electrons. The Morgan fingerprint density at radius 3 is 2.40 bits per heavy atom. The lowest BCUT2D eigenvalue weighted by molar-refractivity contribution is 0.0953. The van der Waals surface area contributed by atoms with Gasteiger partial charge in [-0.25, -0.2) is 9.18 Å². The van der Waals surface area contributed by atoms with Crippen LogP contribution in [0.3, 0.4) is 0 Å². The first kappa shape index (κ1) is 21.0. The van der Waals surface area contributed by atoms with Crippen molar-refractivity contribution in [1.82, 2.24) is 20.9 Å². The van der Waals surface area contributed by atoms with Gasteiger partial charge in [-0.3, -0.25) is 9.78 Å². The van der Waals surface area contributed by atoms with Crippen molar-refractivity contribution in [2.45, 2.75) is 12.5 Å². The van der Waals surface area contributed by atoms with Crippen LogP contribution in [0.1, 0.15) is 34.1 Å². The van der Waals surface area contributed by atoms with E-state index in [0.717, 1.165) is 11.3 Å². The predicted octanol–water partition coefficient (Wildman–Crippen LogP) is 3.43. The zero-order valence-electron chi connectivity index (χ0n) is 16.3. The molecule has 1 unspecified atom stereocenters. The lowest BCUT2D eigenvalue weighted by atomic mass is 10.0. The summed E-state index contributed by atoms with van der Waals surface area (Å²) >= 11 is 0. The number of urea groups is 1. The molecule has 0 aliphatic rings. The highest BCUT2D eigenvalue weighted by atomic mass is 19.1. The van der Waals surface area contributed by atoms with Crippen LogP contribution in [-0.4, -0.2) is 30.0 Å². The molecule has 0 saturated carbocycles. The van der Waals surface area contributed by atoms with E-state index in [4.69, 9.17) is 0 Å². The Balaban J connectivity index is 1.46. The van der Waals surface area contributed by atoms with Crippen LogP contribution in [0.2, 0.25) is 0 Å². The normalized spacial score (nSPS) is 11.4. The maximum Gasteiger partial charge on any atom is 0.315 e. The Morgan fingerprint density at radius 2 is 1.67 bits per heavy atom. The van der Waals surface area contributed by atoms with Crippen LogP contribution in [0.15, 0.2) is 79.0 Å². The predicted molar refractivity (Wildman–Crippen MR) is 112 cm³/mol. The Labute approximate surface area is 174 Å². The highest BCUT2D eigenvalue weighted by molar-refractivity contribution is 5.94. The van der Waals surface area contributed by atoms with E-state index in [1.807, 2.05) is 48.5 Å². The fourth-order valence-corrected chi connectivity index (χ4v) is 2.93. The second-order valence-corrected chi connectivity index (χ2v) is 6.62. The smallest absolute Gasteiger partial charge is 0.315 e. The van der Waals surface area contributed by atoms with Gasteiger partial charge in [-0.05, 0) is 42.3 Å². The number of nitrogens with one attached hydrogen (secondary N) is 3. The molecule has 0 bridgehead atoms. The zero-order chi connectivity index (χ0) is 21.2. The first-order valence-electron chi connectivity index (χ1n) is 9.67. The molecule has 2 aromatic carbocycles. The lowest BCUT2D eigenvalue weighted by Crippen LogP contribution is -2.39. The van der Waals surface area contributed by atoms with E-state index in [-0.39, 0.29) is 23.5 Å². The number of pyridine rings is 1. The summed E-state index contributed by atoms with van der Waals surface area (Å²) in [5.41, 5.74) is 1.93. The van der Waals surface area contributed by atoms with E-state index >= 15 is 0 Å². The average Bonchev–Trinajstić information content (AvgIpc) is 2.78. The second-order valence-electron chi connectivity index (χ2n) is 6.62. The summed E-state index contributed by atoms with van der Waals surface area (Å²) in [5, 5.41) is 8.43. The molecule has 3 aromatic rings. The van der Waals surface area contributed by atoms with Crippen molar-refractivity contribution < 1.29 is 14.0 Å². The van der Waals surface area contributed by atoms with Crippen LogP contribution in [0.4, 0.5) is 9.18 Å². The first-order valence-corrected chi connectivity index (χ1v) is 9.67. The van der Waals surface area contributed by atoms with E-state index in [1.165, 1.54) is 18.2 Å². The Hall–Kier alpha value is -3.74. The van der Waals surface area contributed by atoms with Gasteiger partial charge in [0.25, 0.3) is 5.91 Å².